The third kappa shape index (κ3) is 4.47. The monoisotopic (exact) mass is 228 g/mol. The predicted octanol–water partition coefficient (Wildman–Crippen LogP) is 2.23. The maximum atomic E-state index is 11.7. The smallest absolute Gasteiger partial charge is 0.350 e. The Bertz CT molecular complexity index is 291. The quantitative estimate of drug-likeness (QED) is 0.535. The average molecular weight is 228 g/mol. The van der Waals surface area contributed by atoms with E-state index in [0.29, 0.717) is 0 Å². The highest BCUT2D eigenvalue weighted by Gasteiger charge is 2.34. The number of hydrogen-bond acceptors (Lipinski definition) is 4. The van der Waals surface area contributed by atoms with Crippen molar-refractivity contribution in [3.05, 3.63) is 12.2 Å². The molecule has 92 valence electrons. The predicted molar refractivity (Wildman–Crippen MR) is 60.8 cm³/mol. The summed E-state index contributed by atoms with van der Waals surface area (Å²) in [5.74, 6) is -1.14. The Labute approximate surface area is 96.6 Å². The van der Waals surface area contributed by atoms with Crippen LogP contribution in [0.25, 0.3) is 0 Å². The Hall–Kier alpha value is -1.32. The Morgan fingerprint density at radius 3 is 2.25 bits per heavy atom. The average Bonchev–Trinajstić information content (AvgIpc) is 2.16. The van der Waals surface area contributed by atoms with E-state index in [-0.39, 0.29) is 11.7 Å². The maximum absolute atomic E-state index is 11.7. The molecule has 0 aromatic carbocycles. The molecule has 0 N–H and O–H groups in total. The highest BCUT2D eigenvalue weighted by atomic mass is 16.6. The number of hydrogen-bond donors (Lipinski definition) is 0. The van der Waals surface area contributed by atoms with Gasteiger partial charge in [-0.05, 0) is 34.1 Å². The molecule has 0 fully saturated rings. The summed E-state index contributed by atoms with van der Waals surface area (Å²) in [5.41, 5.74) is -1.02. The summed E-state index contributed by atoms with van der Waals surface area (Å²) < 4.78 is 10.1. The number of carbonyl (C=O) groups is 2. The highest BCUT2D eigenvalue weighted by molar-refractivity contribution is 5.90. The van der Waals surface area contributed by atoms with Crippen molar-refractivity contribution >= 4 is 11.9 Å². The summed E-state index contributed by atoms with van der Waals surface area (Å²) in [7, 11) is 0. The molecule has 0 saturated heterocycles. The van der Waals surface area contributed by atoms with Crippen LogP contribution in [-0.2, 0) is 19.1 Å². The first-order valence-corrected chi connectivity index (χ1v) is 5.30. The van der Waals surface area contributed by atoms with E-state index >= 15 is 0 Å². The van der Waals surface area contributed by atoms with Crippen molar-refractivity contribution in [2.45, 2.75) is 52.7 Å². The Balaban J connectivity index is 4.48. The van der Waals surface area contributed by atoms with Gasteiger partial charge in [-0.25, -0.2) is 9.59 Å². The van der Waals surface area contributed by atoms with E-state index in [2.05, 4.69) is 6.58 Å². The van der Waals surface area contributed by atoms with Crippen molar-refractivity contribution in [3.8, 4) is 0 Å². The number of rotatable bonds is 5. The van der Waals surface area contributed by atoms with E-state index in [9.17, 15) is 9.59 Å². The van der Waals surface area contributed by atoms with Crippen molar-refractivity contribution < 1.29 is 19.1 Å². The normalized spacial score (nSPS) is 12.8. The molecular formula is C12H20O4. The van der Waals surface area contributed by atoms with Crippen LogP contribution in [0, 0.1) is 0 Å². The minimum Gasteiger partial charge on any atom is -0.460 e. The zero-order chi connectivity index (χ0) is 12.9. The Morgan fingerprint density at radius 1 is 1.38 bits per heavy atom. The molecule has 0 aromatic rings. The van der Waals surface area contributed by atoms with Crippen LogP contribution >= 0.6 is 0 Å². The molecule has 0 bridgehead atoms. The van der Waals surface area contributed by atoms with E-state index in [0.717, 1.165) is 6.42 Å². The largest absolute Gasteiger partial charge is 0.460 e. The summed E-state index contributed by atoms with van der Waals surface area (Å²) in [6, 6.07) is 0. The molecule has 0 heterocycles. The van der Waals surface area contributed by atoms with Crippen LogP contribution in [0.3, 0.4) is 0 Å². The number of carbonyl (C=O) groups excluding carboxylic acids is 2. The molecule has 0 radical (unpaired) electrons. The van der Waals surface area contributed by atoms with Crippen molar-refractivity contribution in [2.24, 2.45) is 0 Å². The lowest BCUT2D eigenvalue weighted by Gasteiger charge is -2.24. The van der Waals surface area contributed by atoms with Crippen LogP contribution in [-0.4, -0.2) is 23.6 Å². The van der Waals surface area contributed by atoms with Gasteiger partial charge >= 0.3 is 11.9 Å². The minimum absolute atomic E-state index is 0.185. The lowest BCUT2D eigenvalue weighted by Crippen LogP contribution is -2.40. The molecule has 4 heteroatoms. The van der Waals surface area contributed by atoms with E-state index in [1.807, 2.05) is 6.92 Å². The zero-order valence-electron chi connectivity index (χ0n) is 10.6. The summed E-state index contributed by atoms with van der Waals surface area (Å²) in [5, 5.41) is 0. The first-order chi connectivity index (χ1) is 7.20. The van der Waals surface area contributed by atoms with Gasteiger partial charge < -0.3 is 9.47 Å². The molecule has 0 spiro atoms. The maximum Gasteiger partial charge on any atom is 0.350 e. The van der Waals surface area contributed by atoms with Gasteiger partial charge in [-0.15, -0.1) is 0 Å². The molecule has 16 heavy (non-hydrogen) atoms. The Kier molecular flexibility index (Phi) is 5.21. The molecular weight excluding hydrogens is 208 g/mol. The van der Waals surface area contributed by atoms with Gasteiger partial charge in [0, 0.05) is 5.57 Å². The first-order valence-electron chi connectivity index (χ1n) is 5.30. The molecule has 0 saturated carbocycles. The van der Waals surface area contributed by atoms with Crippen LogP contribution < -0.4 is 0 Å². The molecule has 0 aliphatic carbocycles. The first kappa shape index (κ1) is 14.7. The molecule has 0 rings (SSSR count). The van der Waals surface area contributed by atoms with Crippen LogP contribution in [0.5, 0.6) is 0 Å². The van der Waals surface area contributed by atoms with E-state index in [4.69, 9.17) is 9.47 Å². The molecule has 1 atom stereocenters. The summed E-state index contributed by atoms with van der Waals surface area (Å²) in [4.78, 5) is 23.0. The summed E-state index contributed by atoms with van der Waals surface area (Å²) in [6.07, 6.45) is 0.534. The SMILES string of the molecule is C=C(C)C(=O)OC(C)(C)C(=O)OC(C)CC. The molecule has 1 unspecified atom stereocenters. The fraction of sp³-hybridized carbons (Fsp3) is 0.667. The van der Waals surface area contributed by atoms with Crippen molar-refractivity contribution in [3.63, 3.8) is 0 Å². The number of esters is 2. The second kappa shape index (κ2) is 5.68. The molecule has 0 aliphatic heterocycles. The lowest BCUT2D eigenvalue weighted by molar-refractivity contribution is -0.179. The third-order valence-corrected chi connectivity index (χ3v) is 2.07. The van der Waals surface area contributed by atoms with Crippen molar-refractivity contribution in [2.75, 3.05) is 0 Å². The fourth-order valence-electron chi connectivity index (χ4n) is 0.768. The van der Waals surface area contributed by atoms with Gasteiger partial charge in [0.1, 0.15) is 0 Å². The van der Waals surface area contributed by atoms with Gasteiger partial charge in [0.2, 0.25) is 5.60 Å². The van der Waals surface area contributed by atoms with Gasteiger partial charge in [0.05, 0.1) is 6.10 Å². The minimum atomic E-state index is -1.28. The van der Waals surface area contributed by atoms with Crippen molar-refractivity contribution in [1.29, 1.82) is 0 Å². The molecule has 0 amide bonds. The van der Waals surface area contributed by atoms with Gasteiger partial charge in [0.25, 0.3) is 0 Å². The van der Waals surface area contributed by atoms with E-state index < -0.39 is 17.5 Å². The standard InChI is InChI=1S/C12H20O4/c1-7-9(4)15-11(14)12(5,6)16-10(13)8(2)3/h9H,2,7H2,1,3-6H3. The Morgan fingerprint density at radius 2 is 1.88 bits per heavy atom. The molecule has 4 nitrogen and oxygen atoms in total. The fourth-order valence-corrected chi connectivity index (χ4v) is 0.768. The van der Waals surface area contributed by atoms with Gasteiger partial charge in [0.15, 0.2) is 0 Å². The molecule has 0 aliphatic rings. The van der Waals surface area contributed by atoms with Crippen LogP contribution in [0.15, 0.2) is 12.2 Å². The van der Waals surface area contributed by atoms with E-state index in [1.165, 1.54) is 20.8 Å². The topological polar surface area (TPSA) is 52.6 Å². The van der Waals surface area contributed by atoms with E-state index in [1.54, 1.807) is 6.92 Å². The second-order valence-electron chi connectivity index (χ2n) is 4.30. The van der Waals surface area contributed by atoms with Gasteiger partial charge in [-0.2, -0.15) is 0 Å². The lowest BCUT2D eigenvalue weighted by atomic mass is 10.1. The third-order valence-electron chi connectivity index (χ3n) is 2.07. The van der Waals surface area contributed by atoms with Gasteiger partial charge in [-0.1, -0.05) is 13.5 Å². The number of ether oxygens (including phenoxy) is 2. The van der Waals surface area contributed by atoms with Crippen LogP contribution in [0.1, 0.15) is 41.0 Å². The summed E-state index contributed by atoms with van der Waals surface area (Å²) >= 11 is 0. The van der Waals surface area contributed by atoms with Gasteiger partial charge in [-0.3, -0.25) is 0 Å². The molecule has 0 aromatic heterocycles. The zero-order valence-corrected chi connectivity index (χ0v) is 10.6. The summed E-state index contributed by atoms with van der Waals surface area (Å²) in [6.45, 7) is 11.7. The highest BCUT2D eigenvalue weighted by Crippen LogP contribution is 2.15. The van der Waals surface area contributed by atoms with Crippen LogP contribution in [0.4, 0.5) is 0 Å². The van der Waals surface area contributed by atoms with Crippen LogP contribution in [0.2, 0.25) is 0 Å². The second-order valence-corrected chi connectivity index (χ2v) is 4.30. The van der Waals surface area contributed by atoms with Crippen molar-refractivity contribution in [1.82, 2.24) is 0 Å².